The highest BCUT2D eigenvalue weighted by Crippen LogP contribution is 2.36. The van der Waals surface area contributed by atoms with E-state index in [0.29, 0.717) is 42.5 Å². The summed E-state index contributed by atoms with van der Waals surface area (Å²) in [7, 11) is 1.49. The van der Waals surface area contributed by atoms with Gasteiger partial charge in [0.15, 0.2) is 0 Å². The van der Waals surface area contributed by atoms with Gasteiger partial charge in [0.2, 0.25) is 5.91 Å². The molecule has 6 nitrogen and oxygen atoms in total. The number of hydrogen-bond acceptors (Lipinski definition) is 4. The van der Waals surface area contributed by atoms with Crippen molar-refractivity contribution in [2.24, 2.45) is 0 Å². The predicted molar refractivity (Wildman–Crippen MR) is 82.2 cm³/mol. The van der Waals surface area contributed by atoms with Crippen molar-refractivity contribution < 1.29 is 19.4 Å². The summed E-state index contributed by atoms with van der Waals surface area (Å²) in [4.78, 5) is 26.7. The van der Waals surface area contributed by atoms with Gasteiger partial charge in [0.05, 0.1) is 7.11 Å². The van der Waals surface area contributed by atoms with Gasteiger partial charge in [-0.1, -0.05) is 17.7 Å². The van der Waals surface area contributed by atoms with Crippen LogP contribution in [0.3, 0.4) is 0 Å². The van der Waals surface area contributed by atoms with E-state index in [1.165, 1.54) is 14.0 Å². The smallest absolute Gasteiger partial charge is 0.325 e. The first kappa shape index (κ1) is 16.6. The molecular weight excluding hydrogens is 308 g/mol. The van der Waals surface area contributed by atoms with Crippen LogP contribution in [0.15, 0.2) is 18.2 Å². The Balaban J connectivity index is 2.29. The molecule has 1 aromatic rings. The average molecular weight is 327 g/mol. The van der Waals surface area contributed by atoms with Crippen LogP contribution in [0.2, 0.25) is 5.02 Å². The zero-order chi connectivity index (χ0) is 16.3. The van der Waals surface area contributed by atoms with E-state index in [0.717, 1.165) is 0 Å². The first-order valence-electron chi connectivity index (χ1n) is 7.00. The minimum Gasteiger partial charge on any atom is -0.496 e. The molecule has 0 spiro atoms. The summed E-state index contributed by atoms with van der Waals surface area (Å²) in [6.45, 7) is 3.48. The Hall–Kier alpha value is -1.79. The first-order valence-corrected chi connectivity index (χ1v) is 7.38. The van der Waals surface area contributed by atoms with Gasteiger partial charge in [0.25, 0.3) is 0 Å². The number of carboxylic acids is 1. The summed E-state index contributed by atoms with van der Waals surface area (Å²) in [6, 6.07) is 4.18. The fraction of sp³-hybridized carbons (Fsp3) is 0.467. The van der Waals surface area contributed by atoms with E-state index in [-0.39, 0.29) is 5.91 Å². The Bertz CT molecular complexity index is 571. The highest BCUT2D eigenvalue weighted by atomic mass is 35.5. The van der Waals surface area contributed by atoms with E-state index in [1.54, 1.807) is 23.1 Å². The second-order valence-corrected chi connectivity index (χ2v) is 5.55. The molecule has 120 valence electrons. The second kappa shape index (κ2) is 6.98. The van der Waals surface area contributed by atoms with E-state index >= 15 is 0 Å². The number of rotatable bonds is 4. The van der Waals surface area contributed by atoms with Crippen molar-refractivity contribution >= 4 is 23.5 Å². The molecule has 1 fully saturated rings. The minimum absolute atomic E-state index is 0.00171. The van der Waals surface area contributed by atoms with E-state index in [1.807, 2.05) is 4.90 Å². The highest BCUT2D eigenvalue weighted by molar-refractivity contribution is 6.31. The standard InChI is InChI=1S/C15H19ClN2O4/c1-10(19)17-6-8-18(9-7-17)14(15(20)21)13-11(16)4-3-5-12(13)22-2/h3-5,14H,6-9H2,1-2H3,(H,20,21). The van der Waals surface area contributed by atoms with Gasteiger partial charge in [0, 0.05) is 43.7 Å². The summed E-state index contributed by atoms with van der Waals surface area (Å²) in [5.74, 6) is -0.529. The van der Waals surface area contributed by atoms with Crippen molar-refractivity contribution in [3.8, 4) is 5.75 Å². The van der Waals surface area contributed by atoms with E-state index in [2.05, 4.69) is 0 Å². The molecule has 1 aliphatic rings. The van der Waals surface area contributed by atoms with Gasteiger partial charge in [-0.05, 0) is 12.1 Å². The molecule has 2 rings (SSSR count). The fourth-order valence-corrected chi connectivity index (χ4v) is 2.99. The lowest BCUT2D eigenvalue weighted by Crippen LogP contribution is -2.50. The summed E-state index contributed by atoms with van der Waals surface area (Å²) < 4.78 is 5.27. The van der Waals surface area contributed by atoms with Crippen LogP contribution in [0.1, 0.15) is 18.5 Å². The molecule has 1 aliphatic heterocycles. The topological polar surface area (TPSA) is 70.1 Å². The minimum atomic E-state index is -0.984. The number of aliphatic carboxylic acids is 1. The van der Waals surface area contributed by atoms with Gasteiger partial charge in [-0.3, -0.25) is 14.5 Å². The van der Waals surface area contributed by atoms with Crippen LogP contribution in [0.25, 0.3) is 0 Å². The quantitative estimate of drug-likeness (QED) is 0.911. The summed E-state index contributed by atoms with van der Waals surface area (Å²) in [5, 5.41) is 10.0. The van der Waals surface area contributed by atoms with Gasteiger partial charge >= 0.3 is 5.97 Å². The maximum absolute atomic E-state index is 11.8. The van der Waals surface area contributed by atoms with Gasteiger partial charge in [-0.25, -0.2) is 0 Å². The largest absolute Gasteiger partial charge is 0.496 e. The number of piperazine rings is 1. The maximum Gasteiger partial charge on any atom is 0.325 e. The van der Waals surface area contributed by atoms with Crippen molar-refractivity contribution in [3.63, 3.8) is 0 Å². The highest BCUT2D eigenvalue weighted by Gasteiger charge is 2.34. The zero-order valence-corrected chi connectivity index (χ0v) is 13.3. The average Bonchev–Trinajstić information content (AvgIpc) is 2.49. The SMILES string of the molecule is COc1cccc(Cl)c1C(C(=O)O)N1CCN(C(C)=O)CC1. The Morgan fingerprint density at radius 2 is 1.91 bits per heavy atom. The molecule has 1 atom stereocenters. The number of ether oxygens (including phenoxy) is 1. The van der Waals surface area contributed by atoms with Crippen LogP contribution < -0.4 is 4.74 Å². The fourth-order valence-electron chi connectivity index (χ4n) is 2.72. The van der Waals surface area contributed by atoms with E-state index in [4.69, 9.17) is 16.3 Å². The third kappa shape index (κ3) is 3.34. The van der Waals surface area contributed by atoms with Crippen molar-refractivity contribution in [1.82, 2.24) is 9.80 Å². The molecule has 1 unspecified atom stereocenters. The number of hydrogen-bond donors (Lipinski definition) is 1. The van der Waals surface area contributed by atoms with Crippen LogP contribution in [-0.2, 0) is 9.59 Å². The molecular formula is C15H19ClN2O4. The molecule has 22 heavy (non-hydrogen) atoms. The number of carbonyl (C=O) groups is 2. The number of carbonyl (C=O) groups excluding carboxylic acids is 1. The molecule has 1 saturated heterocycles. The van der Waals surface area contributed by atoms with Crippen LogP contribution in [0.4, 0.5) is 0 Å². The summed E-state index contributed by atoms with van der Waals surface area (Å²) in [6.07, 6.45) is 0. The van der Waals surface area contributed by atoms with Crippen LogP contribution in [-0.4, -0.2) is 60.1 Å². The Labute approximate surface area is 134 Å². The summed E-state index contributed by atoms with van der Waals surface area (Å²) in [5.41, 5.74) is 0.454. The number of halogens is 1. The first-order chi connectivity index (χ1) is 10.5. The van der Waals surface area contributed by atoms with Crippen molar-refractivity contribution in [2.75, 3.05) is 33.3 Å². The Morgan fingerprint density at radius 1 is 1.27 bits per heavy atom. The third-order valence-corrected chi connectivity index (χ3v) is 4.19. The number of amides is 1. The van der Waals surface area contributed by atoms with Crippen molar-refractivity contribution in [1.29, 1.82) is 0 Å². The third-order valence-electron chi connectivity index (χ3n) is 3.86. The normalized spacial score (nSPS) is 17.1. The number of methoxy groups -OCH3 is 1. The molecule has 0 radical (unpaired) electrons. The molecule has 0 aromatic heterocycles. The van der Waals surface area contributed by atoms with Crippen molar-refractivity contribution in [2.45, 2.75) is 13.0 Å². The monoisotopic (exact) mass is 326 g/mol. The molecule has 1 amide bonds. The van der Waals surface area contributed by atoms with Crippen molar-refractivity contribution in [3.05, 3.63) is 28.8 Å². The second-order valence-electron chi connectivity index (χ2n) is 5.14. The zero-order valence-electron chi connectivity index (χ0n) is 12.6. The van der Waals surface area contributed by atoms with Gasteiger partial charge in [-0.15, -0.1) is 0 Å². The molecule has 1 N–H and O–H groups in total. The molecule has 7 heteroatoms. The molecule has 1 aromatic carbocycles. The maximum atomic E-state index is 11.8. The van der Waals surface area contributed by atoms with Gasteiger partial charge in [-0.2, -0.15) is 0 Å². The Kier molecular flexibility index (Phi) is 5.26. The molecule has 0 bridgehead atoms. The number of nitrogens with zero attached hydrogens (tertiary/aromatic N) is 2. The van der Waals surface area contributed by atoms with Gasteiger partial charge in [0.1, 0.15) is 11.8 Å². The van der Waals surface area contributed by atoms with Crippen LogP contribution in [0.5, 0.6) is 5.75 Å². The van der Waals surface area contributed by atoms with Crippen LogP contribution >= 0.6 is 11.6 Å². The summed E-state index contributed by atoms with van der Waals surface area (Å²) >= 11 is 6.21. The Morgan fingerprint density at radius 3 is 2.41 bits per heavy atom. The van der Waals surface area contributed by atoms with E-state index in [9.17, 15) is 14.7 Å². The number of carboxylic acid groups (broad SMARTS) is 1. The number of benzene rings is 1. The predicted octanol–water partition coefficient (Wildman–Crippen LogP) is 1.64. The lowest BCUT2D eigenvalue weighted by atomic mass is 10.0. The lowest BCUT2D eigenvalue weighted by Gasteiger charge is -2.37. The molecule has 1 heterocycles. The van der Waals surface area contributed by atoms with Gasteiger partial charge < -0.3 is 14.7 Å². The molecule has 0 saturated carbocycles. The lowest BCUT2D eigenvalue weighted by molar-refractivity contribution is -0.145. The molecule has 0 aliphatic carbocycles. The van der Waals surface area contributed by atoms with E-state index < -0.39 is 12.0 Å². The van der Waals surface area contributed by atoms with Crippen LogP contribution in [0, 0.1) is 0 Å².